The van der Waals surface area contributed by atoms with Gasteiger partial charge in [-0.1, -0.05) is 47.8 Å². The molecule has 116 valence electrons. The molecule has 0 aromatic heterocycles. The van der Waals surface area contributed by atoms with Crippen LogP contribution in [0.25, 0.3) is 0 Å². The molecule has 1 N–H and O–H groups in total. The third-order valence-corrected chi connectivity index (χ3v) is 3.70. The lowest BCUT2D eigenvalue weighted by Gasteiger charge is -2.18. The van der Waals surface area contributed by atoms with E-state index < -0.39 is 6.10 Å². The van der Waals surface area contributed by atoms with Crippen molar-refractivity contribution in [3.63, 3.8) is 0 Å². The van der Waals surface area contributed by atoms with Crippen LogP contribution >= 0.6 is 23.2 Å². The highest BCUT2D eigenvalue weighted by Crippen LogP contribution is 2.26. The van der Waals surface area contributed by atoms with Gasteiger partial charge in [-0.15, -0.1) is 0 Å². The van der Waals surface area contributed by atoms with Crippen LogP contribution in [0.15, 0.2) is 42.5 Å². The van der Waals surface area contributed by atoms with E-state index in [9.17, 15) is 4.79 Å². The summed E-state index contributed by atoms with van der Waals surface area (Å²) in [5.74, 6) is 0.419. The van der Waals surface area contributed by atoms with Crippen molar-refractivity contribution in [3.8, 4) is 5.75 Å². The van der Waals surface area contributed by atoms with Gasteiger partial charge in [0.1, 0.15) is 5.75 Å². The Labute approximate surface area is 140 Å². The molecule has 2 rings (SSSR count). The molecule has 0 heterocycles. The van der Waals surface area contributed by atoms with Crippen molar-refractivity contribution in [2.24, 2.45) is 0 Å². The third-order valence-electron chi connectivity index (χ3n) is 3.15. The first-order valence-electron chi connectivity index (χ1n) is 6.99. The first-order valence-corrected chi connectivity index (χ1v) is 7.74. The summed E-state index contributed by atoms with van der Waals surface area (Å²) in [7, 11) is 0. The summed E-state index contributed by atoms with van der Waals surface area (Å²) >= 11 is 11.9. The van der Waals surface area contributed by atoms with E-state index in [0.29, 0.717) is 27.9 Å². The zero-order valence-corrected chi connectivity index (χ0v) is 13.9. The molecule has 2 aromatic rings. The second-order valence-corrected chi connectivity index (χ2v) is 5.78. The predicted molar refractivity (Wildman–Crippen MR) is 91.0 cm³/mol. The largest absolute Gasteiger partial charge is 0.481 e. The number of ether oxygens (including phenoxy) is 1. The van der Waals surface area contributed by atoms with Gasteiger partial charge >= 0.3 is 0 Å². The Hall–Kier alpha value is -1.71. The Balaban J connectivity index is 2.06. The lowest BCUT2D eigenvalue weighted by molar-refractivity contribution is -0.122. The highest BCUT2D eigenvalue weighted by Gasteiger charge is 2.19. The Morgan fingerprint density at radius 1 is 1.18 bits per heavy atom. The molecule has 1 amide bonds. The molecule has 1 atom stereocenters. The zero-order chi connectivity index (χ0) is 16.1. The maximum absolute atomic E-state index is 12.3. The third kappa shape index (κ3) is 4.39. The van der Waals surface area contributed by atoms with Crippen LogP contribution in [0, 0.1) is 6.92 Å². The van der Waals surface area contributed by atoms with Crippen molar-refractivity contribution in [3.05, 3.63) is 58.1 Å². The molecule has 0 aliphatic rings. The van der Waals surface area contributed by atoms with E-state index in [1.54, 1.807) is 18.2 Å². The van der Waals surface area contributed by atoms with Crippen LogP contribution in [-0.4, -0.2) is 12.0 Å². The monoisotopic (exact) mass is 337 g/mol. The maximum atomic E-state index is 12.3. The fourth-order valence-electron chi connectivity index (χ4n) is 1.91. The topological polar surface area (TPSA) is 38.3 Å². The van der Waals surface area contributed by atoms with Crippen LogP contribution in [0.1, 0.15) is 18.9 Å². The molecule has 0 unspecified atom stereocenters. The van der Waals surface area contributed by atoms with Crippen molar-refractivity contribution < 1.29 is 9.53 Å². The number of rotatable bonds is 5. The van der Waals surface area contributed by atoms with Gasteiger partial charge in [0.15, 0.2) is 6.10 Å². The minimum Gasteiger partial charge on any atom is -0.481 e. The molecule has 0 saturated carbocycles. The molecule has 0 radical (unpaired) electrons. The fraction of sp³-hybridized carbons (Fsp3) is 0.235. The predicted octanol–water partition coefficient (Wildman–Crippen LogP) is 5.10. The Morgan fingerprint density at radius 2 is 1.86 bits per heavy atom. The van der Waals surface area contributed by atoms with E-state index in [2.05, 4.69) is 5.32 Å². The van der Waals surface area contributed by atoms with Gasteiger partial charge in [0.05, 0.1) is 10.7 Å². The highest BCUT2D eigenvalue weighted by molar-refractivity contribution is 6.36. The lowest BCUT2D eigenvalue weighted by atomic mass is 10.2. The summed E-state index contributed by atoms with van der Waals surface area (Å²) in [6, 6.07) is 12.5. The Bertz CT molecular complexity index is 656. The minimum atomic E-state index is -0.588. The summed E-state index contributed by atoms with van der Waals surface area (Å²) in [6.45, 7) is 3.89. The minimum absolute atomic E-state index is 0.243. The number of hydrogen-bond donors (Lipinski definition) is 1. The number of aryl methyl sites for hydroxylation is 1. The molecule has 5 heteroatoms. The van der Waals surface area contributed by atoms with E-state index in [4.69, 9.17) is 27.9 Å². The van der Waals surface area contributed by atoms with Gasteiger partial charge < -0.3 is 10.1 Å². The molecule has 0 saturated heterocycles. The van der Waals surface area contributed by atoms with E-state index in [0.717, 1.165) is 5.56 Å². The molecule has 0 bridgehead atoms. The Kier molecular flexibility index (Phi) is 5.69. The second kappa shape index (κ2) is 7.52. The number of nitrogens with one attached hydrogen (secondary N) is 1. The average molecular weight is 338 g/mol. The fourth-order valence-corrected chi connectivity index (χ4v) is 2.36. The molecule has 0 aliphatic carbocycles. The van der Waals surface area contributed by atoms with Gasteiger partial charge in [-0.2, -0.15) is 0 Å². The normalized spacial score (nSPS) is 11.8. The van der Waals surface area contributed by atoms with Crippen LogP contribution in [0.2, 0.25) is 10.0 Å². The van der Waals surface area contributed by atoms with E-state index >= 15 is 0 Å². The van der Waals surface area contributed by atoms with E-state index in [-0.39, 0.29) is 5.91 Å². The van der Waals surface area contributed by atoms with Crippen molar-refractivity contribution in [1.82, 2.24) is 0 Å². The van der Waals surface area contributed by atoms with Crippen LogP contribution in [-0.2, 0) is 4.79 Å². The quantitative estimate of drug-likeness (QED) is 0.824. The molecule has 2 aromatic carbocycles. The van der Waals surface area contributed by atoms with Crippen LogP contribution in [0.3, 0.4) is 0 Å². The zero-order valence-electron chi connectivity index (χ0n) is 12.4. The lowest BCUT2D eigenvalue weighted by Crippen LogP contribution is -2.32. The standard InChI is InChI=1S/C17H17Cl2NO2/c1-3-16(22-13-7-4-11(2)5-8-13)17(21)20-15-9-6-12(18)10-14(15)19/h4-10,16H,3H2,1-2H3,(H,20,21)/t16-/m1/s1. The molecule has 22 heavy (non-hydrogen) atoms. The molecule has 3 nitrogen and oxygen atoms in total. The molecular weight excluding hydrogens is 321 g/mol. The number of carbonyl (C=O) groups is 1. The number of amides is 1. The number of halogens is 2. The van der Waals surface area contributed by atoms with E-state index in [1.807, 2.05) is 38.1 Å². The number of carbonyl (C=O) groups excluding carboxylic acids is 1. The summed E-state index contributed by atoms with van der Waals surface area (Å²) < 4.78 is 5.74. The highest BCUT2D eigenvalue weighted by atomic mass is 35.5. The van der Waals surface area contributed by atoms with Crippen LogP contribution in [0.4, 0.5) is 5.69 Å². The average Bonchev–Trinajstić information content (AvgIpc) is 2.49. The van der Waals surface area contributed by atoms with Gasteiger partial charge in [-0.25, -0.2) is 0 Å². The smallest absolute Gasteiger partial charge is 0.265 e. The second-order valence-electron chi connectivity index (χ2n) is 4.94. The van der Waals surface area contributed by atoms with Gasteiger partial charge in [-0.3, -0.25) is 4.79 Å². The van der Waals surface area contributed by atoms with Crippen molar-refractivity contribution >= 4 is 34.8 Å². The molecular formula is C17H17Cl2NO2. The number of anilines is 1. The molecule has 0 aliphatic heterocycles. The van der Waals surface area contributed by atoms with Gasteiger partial charge in [0.2, 0.25) is 0 Å². The number of hydrogen-bond acceptors (Lipinski definition) is 2. The van der Waals surface area contributed by atoms with Crippen molar-refractivity contribution in [2.45, 2.75) is 26.4 Å². The Morgan fingerprint density at radius 3 is 2.45 bits per heavy atom. The summed E-state index contributed by atoms with van der Waals surface area (Å²) in [5.41, 5.74) is 1.65. The van der Waals surface area contributed by atoms with Crippen molar-refractivity contribution in [1.29, 1.82) is 0 Å². The molecule has 0 fully saturated rings. The van der Waals surface area contributed by atoms with Crippen LogP contribution < -0.4 is 10.1 Å². The van der Waals surface area contributed by atoms with Crippen molar-refractivity contribution in [2.75, 3.05) is 5.32 Å². The van der Waals surface area contributed by atoms with Gasteiger partial charge in [0, 0.05) is 5.02 Å². The van der Waals surface area contributed by atoms with Gasteiger partial charge in [0.25, 0.3) is 5.91 Å². The van der Waals surface area contributed by atoms with E-state index in [1.165, 1.54) is 0 Å². The summed E-state index contributed by atoms with van der Waals surface area (Å²) in [6.07, 6.45) is -0.0419. The first kappa shape index (κ1) is 16.7. The first-order chi connectivity index (χ1) is 10.5. The maximum Gasteiger partial charge on any atom is 0.265 e. The summed E-state index contributed by atoms with van der Waals surface area (Å²) in [4.78, 5) is 12.3. The van der Waals surface area contributed by atoms with Gasteiger partial charge in [-0.05, 0) is 43.7 Å². The van der Waals surface area contributed by atoms with Crippen LogP contribution in [0.5, 0.6) is 5.75 Å². The molecule has 0 spiro atoms. The summed E-state index contributed by atoms with van der Waals surface area (Å²) in [5, 5.41) is 3.68. The number of benzene rings is 2. The SMILES string of the molecule is CC[C@@H](Oc1ccc(C)cc1)C(=O)Nc1ccc(Cl)cc1Cl.